The van der Waals surface area contributed by atoms with Crippen LogP contribution >= 0.6 is 0 Å². The molecule has 4 amide bonds. The fraction of sp³-hybridized carbons (Fsp3) is 0.481. The number of anilines is 2. The Balaban J connectivity index is 0.652. The summed E-state index contributed by atoms with van der Waals surface area (Å²) in [5.41, 5.74) is 5.67. The van der Waals surface area contributed by atoms with Crippen molar-refractivity contribution in [2.45, 2.75) is 94.8 Å². The zero-order valence-electron chi connectivity index (χ0n) is 40.8. The van der Waals surface area contributed by atoms with Crippen molar-refractivity contribution in [3.63, 3.8) is 0 Å². The fourth-order valence-corrected chi connectivity index (χ4v) is 12.3. The standard InChI is InChI=1S/C54H62F2N10O5/c1-33-29-62(30-35-4-5-45-41(24-35)54(14-15-54)53(71)66(45)46-6-7-47(67)59-51(46)69)22-23-64(33)31-34-9-19-63(20-10-34)52(70)37-25-42(55)49(43(56)26-37)36-11-17-61(18-12-36)32-39-28-40-44(8-16-58-50(40)60(39)3)65-21-13-38(57-2)27-48(65)68/h4-5,8,13,16,21,24-28,33-34,36,46,57H,6-7,9-12,14-15,17-20,22-23,29-32H2,1-3H3,(H,59,67,69)/t33-,46-/m0/s1. The predicted molar refractivity (Wildman–Crippen MR) is 265 cm³/mol. The Bertz CT molecular complexity index is 2980. The first-order valence-electron chi connectivity index (χ1n) is 25.4. The van der Waals surface area contributed by atoms with Crippen LogP contribution in [0.3, 0.4) is 0 Å². The van der Waals surface area contributed by atoms with Crippen molar-refractivity contribution in [3.05, 3.63) is 117 Å². The van der Waals surface area contributed by atoms with Gasteiger partial charge in [-0.3, -0.25) is 53.5 Å². The Morgan fingerprint density at radius 1 is 0.845 bits per heavy atom. The van der Waals surface area contributed by atoms with Crippen molar-refractivity contribution >= 4 is 46.0 Å². The van der Waals surface area contributed by atoms with Gasteiger partial charge in [-0.05, 0) is 124 Å². The van der Waals surface area contributed by atoms with E-state index in [1.54, 1.807) is 39.9 Å². The summed E-state index contributed by atoms with van der Waals surface area (Å²) < 4.78 is 35.4. The summed E-state index contributed by atoms with van der Waals surface area (Å²) >= 11 is 0. The molecule has 0 unspecified atom stereocenters. The lowest BCUT2D eigenvalue weighted by atomic mass is 9.87. The number of piperidine rings is 3. The third-order valence-corrected chi connectivity index (χ3v) is 16.6. The van der Waals surface area contributed by atoms with E-state index >= 15 is 8.78 Å². The van der Waals surface area contributed by atoms with Crippen molar-refractivity contribution in [2.75, 3.05) is 69.6 Å². The van der Waals surface area contributed by atoms with Gasteiger partial charge in [0.1, 0.15) is 23.3 Å². The number of rotatable bonds is 11. The fourth-order valence-electron chi connectivity index (χ4n) is 12.3. The van der Waals surface area contributed by atoms with E-state index in [1.807, 2.05) is 29.8 Å². The molecular formula is C54H62F2N10O5. The lowest BCUT2D eigenvalue weighted by Crippen LogP contribution is -2.54. The van der Waals surface area contributed by atoms with E-state index in [9.17, 15) is 24.0 Å². The van der Waals surface area contributed by atoms with Crippen molar-refractivity contribution < 1.29 is 28.0 Å². The molecule has 372 valence electrons. The molecule has 5 aromatic rings. The number of benzene rings is 2. The Morgan fingerprint density at radius 2 is 1.61 bits per heavy atom. The van der Waals surface area contributed by atoms with Crippen LogP contribution in [0, 0.1) is 17.6 Å². The summed E-state index contributed by atoms with van der Waals surface area (Å²) in [6, 6.07) is 15.7. The van der Waals surface area contributed by atoms with E-state index in [-0.39, 0.29) is 46.7 Å². The van der Waals surface area contributed by atoms with Gasteiger partial charge in [0.2, 0.25) is 17.7 Å². The highest BCUT2D eigenvalue weighted by Crippen LogP contribution is 2.58. The predicted octanol–water partition coefficient (Wildman–Crippen LogP) is 5.67. The summed E-state index contributed by atoms with van der Waals surface area (Å²) in [6.07, 6.45) is 8.39. The average Bonchev–Trinajstić information content (AvgIpc) is 4.07. The number of hydrogen-bond donors (Lipinski definition) is 2. The van der Waals surface area contributed by atoms with Crippen LogP contribution in [0.15, 0.2) is 71.8 Å². The maximum absolute atomic E-state index is 15.9. The number of hydrogen-bond acceptors (Lipinski definition) is 10. The number of carbonyl (C=O) groups excluding carboxylic acids is 4. The SMILES string of the molecule is CNc1ccn(-c2ccnc3c2cc(CN2CCC(c4c(F)cc(C(=O)N5CCC(CN6CCN(Cc7ccc8c(c7)C7(CC7)C(=O)N8[C@H]7CCC(=O)NC7=O)C[C@@H]6C)CC5)cc4F)CC2)n3C)c(=O)c1. The minimum absolute atomic E-state index is 0.0184. The second-order valence-electron chi connectivity index (χ2n) is 20.9. The molecule has 1 aliphatic carbocycles. The number of nitrogens with zero attached hydrogens (tertiary/aromatic N) is 8. The maximum atomic E-state index is 15.9. The number of halogens is 2. The minimum Gasteiger partial charge on any atom is -0.388 e. The lowest BCUT2D eigenvalue weighted by molar-refractivity contribution is -0.135. The van der Waals surface area contributed by atoms with Gasteiger partial charge in [-0.15, -0.1) is 0 Å². The van der Waals surface area contributed by atoms with Crippen LogP contribution in [0.25, 0.3) is 16.7 Å². The zero-order chi connectivity index (χ0) is 49.3. The first kappa shape index (κ1) is 47.0. The molecule has 0 radical (unpaired) electrons. The van der Waals surface area contributed by atoms with E-state index < -0.39 is 29.0 Å². The molecule has 0 bridgehead atoms. The summed E-state index contributed by atoms with van der Waals surface area (Å²) in [5, 5.41) is 6.28. The van der Waals surface area contributed by atoms with E-state index in [0.29, 0.717) is 63.9 Å². The van der Waals surface area contributed by atoms with Crippen LogP contribution < -0.4 is 21.1 Å². The van der Waals surface area contributed by atoms with Gasteiger partial charge in [0, 0.05) is 131 Å². The quantitative estimate of drug-likeness (QED) is 0.159. The Labute approximate surface area is 411 Å². The number of fused-ring (bicyclic) bond motifs is 3. The molecule has 1 spiro atoms. The average molecular weight is 969 g/mol. The van der Waals surface area contributed by atoms with E-state index in [4.69, 9.17) is 0 Å². The van der Waals surface area contributed by atoms with E-state index in [0.717, 1.165) is 103 Å². The van der Waals surface area contributed by atoms with Crippen LogP contribution in [0.1, 0.15) is 97.0 Å². The van der Waals surface area contributed by atoms with Crippen molar-refractivity contribution in [1.82, 2.24) is 39.0 Å². The molecule has 2 aromatic carbocycles. The first-order valence-corrected chi connectivity index (χ1v) is 25.4. The zero-order valence-corrected chi connectivity index (χ0v) is 40.8. The molecule has 2 N–H and O–H groups in total. The molecule has 4 saturated heterocycles. The largest absolute Gasteiger partial charge is 0.388 e. The van der Waals surface area contributed by atoms with Crippen molar-refractivity contribution in [3.8, 4) is 5.69 Å². The topological polar surface area (TPSA) is 148 Å². The number of imide groups is 1. The third-order valence-electron chi connectivity index (χ3n) is 16.6. The molecule has 11 rings (SSSR count). The Hall–Kier alpha value is -6.30. The van der Waals surface area contributed by atoms with Crippen LogP contribution in [-0.2, 0) is 39.9 Å². The highest BCUT2D eigenvalue weighted by atomic mass is 19.1. The number of pyridine rings is 2. The number of likely N-dealkylation sites (tertiary alicyclic amines) is 2. The van der Waals surface area contributed by atoms with Gasteiger partial charge in [-0.1, -0.05) is 12.1 Å². The number of aromatic nitrogens is 3. The molecule has 5 aliphatic heterocycles. The van der Waals surface area contributed by atoms with Crippen molar-refractivity contribution in [1.29, 1.82) is 0 Å². The number of aryl methyl sites for hydroxylation is 1. The van der Waals surface area contributed by atoms with Crippen LogP contribution in [-0.4, -0.2) is 129 Å². The Morgan fingerprint density at radius 3 is 2.30 bits per heavy atom. The summed E-state index contributed by atoms with van der Waals surface area (Å²) in [5.74, 6) is -2.24. The van der Waals surface area contributed by atoms with E-state index in [1.165, 1.54) is 12.1 Å². The monoisotopic (exact) mass is 968 g/mol. The molecule has 71 heavy (non-hydrogen) atoms. The molecular weight excluding hydrogens is 907 g/mol. The number of nitrogens with one attached hydrogen (secondary N) is 2. The smallest absolute Gasteiger partial charge is 0.257 e. The molecule has 8 heterocycles. The second kappa shape index (κ2) is 18.7. The number of amides is 4. The molecule has 5 fully saturated rings. The van der Waals surface area contributed by atoms with Gasteiger partial charge in [0.25, 0.3) is 11.5 Å². The normalized spacial score (nSPS) is 22.4. The van der Waals surface area contributed by atoms with E-state index in [2.05, 4.69) is 55.4 Å². The van der Waals surface area contributed by atoms with Gasteiger partial charge in [0.05, 0.1) is 11.1 Å². The summed E-state index contributed by atoms with van der Waals surface area (Å²) in [7, 11) is 3.74. The lowest BCUT2D eigenvalue weighted by Gasteiger charge is -2.42. The molecule has 17 heteroatoms. The van der Waals surface area contributed by atoms with Gasteiger partial charge in [0.15, 0.2) is 0 Å². The highest BCUT2D eigenvalue weighted by molar-refractivity contribution is 6.15. The highest BCUT2D eigenvalue weighted by Gasteiger charge is 2.61. The number of carbonyl (C=O) groups is 4. The Kier molecular flexibility index (Phi) is 12.4. The van der Waals surface area contributed by atoms with Gasteiger partial charge in [-0.2, -0.15) is 0 Å². The van der Waals surface area contributed by atoms with Gasteiger partial charge >= 0.3 is 0 Å². The summed E-state index contributed by atoms with van der Waals surface area (Å²) in [4.78, 5) is 80.3. The van der Waals surface area contributed by atoms with Crippen LogP contribution in [0.5, 0.6) is 0 Å². The first-order chi connectivity index (χ1) is 34.3. The molecule has 15 nitrogen and oxygen atoms in total. The molecule has 1 saturated carbocycles. The summed E-state index contributed by atoms with van der Waals surface area (Å²) in [6.45, 7) is 9.69. The number of piperazine rings is 1. The maximum Gasteiger partial charge on any atom is 0.257 e. The second-order valence-corrected chi connectivity index (χ2v) is 20.9. The van der Waals surface area contributed by atoms with Crippen LogP contribution in [0.4, 0.5) is 20.2 Å². The molecule has 2 atom stereocenters. The van der Waals surface area contributed by atoms with Gasteiger partial charge < -0.3 is 14.8 Å². The molecule has 6 aliphatic rings. The molecule has 3 aromatic heterocycles. The van der Waals surface area contributed by atoms with Gasteiger partial charge in [-0.25, -0.2) is 13.8 Å². The van der Waals surface area contributed by atoms with Crippen molar-refractivity contribution in [2.24, 2.45) is 13.0 Å². The third kappa shape index (κ3) is 8.73. The minimum atomic E-state index is -0.658. The van der Waals surface area contributed by atoms with Crippen LogP contribution in [0.2, 0.25) is 0 Å².